The average molecular weight is 283 g/mol. The molecule has 1 amide bonds. The molecule has 21 heavy (non-hydrogen) atoms. The Balaban J connectivity index is 2.05. The first-order valence-corrected chi connectivity index (χ1v) is 6.79. The number of amides is 1. The molecule has 1 N–H and O–H groups in total. The number of hydrogen-bond acceptors (Lipinski definition) is 2. The van der Waals surface area contributed by atoms with Crippen molar-refractivity contribution in [1.29, 1.82) is 0 Å². The summed E-state index contributed by atoms with van der Waals surface area (Å²) in [6, 6.07) is 9.90. The van der Waals surface area contributed by atoms with E-state index >= 15 is 0 Å². The van der Waals surface area contributed by atoms with Gasteiger partial charge in [0.1, 0.15) is 5.82 Å². The number of carbonyl (C=O) groups is 2. The van der Waals surface area contributed by atoms with E-state index in [9.17, 15) is 14.0 Å². The van der Waals surface area contributed by atoms with Gasteiger partial charge in [-0.05, 0) is 36.6 Å². The Morgan fingerprint density at radius 3 is 2.67 bits per heavy atom. The van der Waals surface area contributed by atoms with E-state index in [0.717, 1.165) is 11.1 Å². The molecule has 3 nitrogen and oxygen atoms in total. The number of nitrogens with one attached hydrogen (secondary N) is 1. The lowest BCUT2D eigenvalue weighted by Gasteiger charge is -2.18. The highest BCUT2D eigenvalue weighted by Gasteiger charge is 2.21. The molecule has 1 aliphatic rings. The molecule has 1 aliphatic heterocycles. The number of anilines is 1. The Bertz CT molecular complexity index is 752. The van der Waals surface area contributed by atoms with Gasteiger partial charge in [0.05, 0.1) is 5.56 Å². The lowest BCUT2D eigenvalue weighted by molar-refractivity contribution is -0.116. The number of benzene rings is 2. The molecule has 0 saturated heterocycles. The minimum absolute atomic E-state index is 0.0548. The van der Waals surface area contributed by atoms with E-state index in [0.29, 0.717) is 24.1 Å². The monoisotopic (exact) mass is 283 g/mol. The Morgan fingerprint density at radius 2 is 1.90 bits per heavy atom. The Morgan fingerprint density at radius 1 is 1.14 bits per heavy atom. The summed E-state index contributed by atoms with van der Waals surface area (Å²) in [6.07, 6.45) is 0.881. The zero-order valence-corrected chi connectivity index (χ0v) is 11.6. The fourth-order valence-electron chi connectivity index (χ4n) is 2.55. The molecule has 1 heterocycles. The van der Waals surface area contributed by atoms with Crippen molar-refractivity contribution in [2.45, 2.75) is 19.8 Å². The maximum Gasteiger partial charge on any atom is 0.224 e. The molecule has 2 aromatic carbocycles. The number of ketones is 1. The maximum absolute atomic E-state index is 14.2. The second-order valence-electron chi connectivity index (χ2n) is 5.18. The van der Waals surface area contributed by atoms with Crippen LogP contribution in [0, 0.1) is 12.7 Å². The van der Waals surface area contributed by atoms with Crippen LogP contribution in [0.3, 0.4) is 0 Å². The Hall–Kier alpha value is -2.49. The molecule has 0 atom stereocenters. The van der Waals surface area contributed by atoms with Gasteiger partial charge in [0.15, 0.2) is 5.78 Å². The van der Waals surface area contributed by atoms with E-state index in [4.69, 9.17) is 0 Å². The van der Waals surface area contributed by atoms with Crippen molar-refractivity contribution in [2.24, 2.45) is 0 Å². The normalized spacial score (nSPS) is 13.5. The highest BCUT2D eigenvalue weighted by Crippen LogP contribution is 2.27. The minimum atomic E-state index is -0.607. The molecule has 0 saturated carbocycles. The van der Waals surface area contributed by atoms with Gasteiger partial charge in [0.2, 0.25) is 5.91 Å². The van der Waals surface area contributed by atoms with Crippen molar-refractivity contribution in [3.63, 3.8) is 0 Å². The molecule has 0 unspecified atom stereocenters. The molecule has 2 aromatic rings. The van der Waals surface area contributed by atoms with Gasteiger partial charge in [-0.25, -0.2) is 4.39 Å². The number of halogens is 1. The van der Waals surface area contributed by atoms with Crippen LogP contribution in [0.15, 0.2) is 36.4 Å². The predicted molar refractivity (Wildman–Crippen MR) is 78.0 cm³/mol. The van der Waals surface area contributed by atoms with Crippen molar-refractivity contribution in [3.8, 4) is 0 Å². The van der Waals surface area contributed by atoms with Gasteiger partial charge >= 0.3 is 0 Å². The third kappa shape index (κ3) is 2.44. The molecule has 0 bridgehead atoms. The van der Waals surface area contributed by atoms with Gasteiger partial charge in [-0.2, -0.15) is 0 Å². The van der Waals surface area contributed by atoms with Crippen molar-refractivity contribution < 1.29 is 14.0 Å². The summed E-state index contributed by atoms with van der Waals surface area (Å²) in [6.45, 7) is 1.82. The molecule has 4 heteroatoms. The summed E-state index contributed by atoms with van der Waals surface area (Å²) < 4.78 is 14.2. The highest BCUT2D eigenvalue weighted by atomic mass is 19.1. The number of hydrogen-bond donors (Lipinski definition) is 1. The zero-order chi connectivity index (χ0) is 15.0. The summed E-state index contributed by atoms with van der Waals surface area (Å²) in [5.74, 6) is -1.06. The van der Waals surface area contributed by atoms with Gasteiger partial charge < -0.3 is 5.32 Å². The molecule has 3 rings (SSSR count). The van der Waals surface area contributed by atoms with Crippen LogP contribution in [0.4, 0.5) is 10.1 Å². The Labute approximate surface area is 121 Å². The lowest BCUT2D eigenvalue weighted by Crippen LogP contribution is -2.20. The van der Waals surface area contributed by atoms with Gasteiger partial charge in [0, 0.05) is 17.7 Å². The van der Waals surface area contributed by atoms with Crippen LogP contribution >= 0.6 is 0 Å². The predicted octanol–water partition coefficient (Wildman–Crippen LogP) is 3.25. The van der Waals surface area contributed by atoms with E-state index in [2.05, 4.69) is 5.32 Å². The topological polar surface area (TPSA) is 46.2 Å². The summed E-state index contributed by atoms with van der Waals surface area (Å²) in [4.78, 5) is 23.8. The van der Waals surface area contributed by atoms with Gasteiger partial charge in [0.25, 0.3) is 0 Å². The second kappa shape index (κ2) is 5.13. The van der Waals surface area contributed by atoms with E-state index in [1.165, 1.54) is 6.07 Å². The first kappa shape index (κ1) is 13.5. The smallest absolute Gasteiger partial charge is 0.224 e. The van der Waals surface area contributed by atoms with E-state index in [-0.39, 0.29) is 17.3 Å². The molecule has 0 aliphatic carbocycles. The van der Waals surface area contributed by atoms with Crippen molar-refractivity contribution in [3.05, 3.63) is 64.5 Å². The lowest BCUT2D eigenvalue weighted by atomic mass is 9.94. The molecule has 0 spiro atoms. The van der Waals surface area contributed by atoms with Crippen LogP contribution in [-0.4, -0.2) is 11.7 Å². The third-order valence-corrected chi connectivity index (χ3v) is 3.72. The van der Waals surface area contributed by atoms with E-state index in [1.807, 2.05) is 19.1 Å². The molecular weight excluding hydrogens is 269 g/mol. The van der Waals surface area contributed by atoms with Crippen LogP contribution in [-0.2, 0) is 11.2 Å². The van der Waals surface area contributed by atoms with Gasteiger partial charge in [-0.1, -0.05) is 24.3 Å². The molecule has 106 valence electrons. The number of carbonyl (C=O) groups excluding carboxylic acids is 2. The fraction of sp³-hybridized carbons (Fsp3) is 0.176. The van der Waals surface area contributed by atoms with Crippen LogP contribution in [0.25, 0.3) is 0 Å². The summed E-state index contributed by atoms with van der Waals surface area (Å²) in [7, 11) is 0. The summed E-state index contributed by atoms with van der Waals surface area (Å²) in [5.41, 5.74) is 2.63. The van der Waals surface area contributed by atoms with E-state index in [1.54, 1.807) is 18.2 Å². The van der Waals surface area contributed by atoms with Crippen LogP contribution in [0.2, 0.25) is 0 Å². The largest absolute Gasteiger partial charge is 0.326 e. The fourth-order valence-corrected chi connectivity index (χ4v) is 2.55. The number of rotatable bonds is 2. The molecule has 0 radical (unpaired) electrons. The second-order valence-corrected chi connectivity index (χ2v) is 5.18. The minimum Gasteiger partial charge on any atom is -0.326 e. The van der Waals surface area contributed by atoms with Crippen molar-refractivity contribution >= 4 is 17.4 Å². The quantitative estimate of drug-likeness (QED) is 0.860. The first-order chi connectivity index (χ1) is 10.1. The van der Waals surface area contributed by atoms with E-state index < -0.39 is 5.82 Å². The first-order valence-electron chi connectivity index (χ1n) is 6.79. The molecule has 0 aromatic heterocycles. The van der Waals surface area contributed by atoms with Crippen LogP contribution in [0.5, 0.6) is 0 Å². The Kier molecular flexibility index (Phi) is 3.29. The van der Waals surface area contributed by atoms with Crippen LogP contribution in [0.1, 0.15) is 33.5 Å². The maximum atomic E-state index is 14.2. The SMILES string of the molecule is Cc1ccccc1C(=O)c1cc2c(cc1F)NC(=O)CC2. The average Bonchev–Trinajstić information content (AvgIpc) is 2.46. The van der Waals surface area contributed by atoms with Crippen molar-refractivity contribution in [2.75, 3.05) is 5.32 Å². The molecule has 0 fully saturated rings. The molecular formula is C17H14FNO2. The number of aryl methyl sites for hydroxylation is 2. The van der Waals surface area contributed by atoms with Gasteiger partial charge in [-0.15, -0.1) is 0 Å². The summed E-state index contributed by atoms with van der Waals surface area (Å²) in [5, 5.41) is 2.63. The third-order valence-electron chi connectivity index (χ3n) is 3.72. The van der Waals surface area contributed by atoms with Crippen LogP contribution < -0.4 is 5.32 Å². The highest BCUT2D eigenvalue weighted by molar-refractivity contribution is 6.10. The van der Waals surface area contributed by atoms with Crippen molar-refractivity contribution in [1.82, 2.24) is 0 Å². The summed E-state index contributed by atoms with van der Waals surface area (Å²) >= 11 is 0. The van der Waals surface area contributed by atoms with Gasteiger partial charge in [-0.3, -0.25) is 9.59 Å². The number of fused-ring (bicyclic) bond motifs is 1. The standard InChI is InChI=1S/C17H14FNO2/c1-10-4-2-3-5-12(10)17(21)13-8-11-6-7-16(20)19-15(11)9-14(13)18/h2-5,8-9H,6-7H2,1H3,(H,19,20). The zero-order valence-electron chi connectivity index (χ0n) is 11.6.